The Hall–Kier alpha value is -1.27. The molecule has 0 aliphatic heterocycles. The maximum absolute atomic E-state index is 5.22. The molecule has 0 saturated carbocycles. The van der Waals surface area contributed by atoms with Crippen LogP contribution < -0.4 is 10.1 Å². The molecule has 0 saturated heterocycles. The summed E-state index contributed by atoms with van der Waals surface area (Å²) < 4.78 is 9.59. The van der Waals surface area contributed by atoms with Crippen molar-refractivity contribution in [3.8, 4) is 5.75 Å². The second-order valence-corrected chi connectivity index (χ2v) is 4.68. The van der Waals surface area contributed by atoms with Crippen molar-refractivity contribution in [2.24, 2.45) is 5.90 Å². The van der Waals surface area contributed by atoms with Crippen LogP contribution in [-0.2, 0) is 9.32 Å². The number of rotatable bonds is 5. The number of hydrogen-bond acceptors (Lipinski definition) is 5. The average molecular weight is 265 g/mol. The summed E-state index contributed by atoms with van der Waals surface area (Å²) in [5, 5.41) is 2.31. The Morgan fingerprint density at radius 2 is 1.78 bits per heavy atom. The Morgan fingerprint density at radius 3 is 2.50 bits per heavy atom. The van der Waals surface area contributed by atoms with E-state index in [9.17, 15) is 0 Å². The summed E-state index contributed by atoms with van der Waals surface area (Å²) in [7, 11) is 0. The molecule has 96 valence electrons. The summed E-state index contributed by atoms with van der Waals surface area (Å²) >= 11 is 0.676. The summed E-state index contributed by atoms with van der Waals surface area (Å²) in [5.74, 6) is 5.91. The van der Waals surface area contributed by atoms with Crippen LogP contribution in [-0.4, -0.2) is 0 Å². The predicted molar refractivity (Wildman–Crippen MR) is 72.6 cm³/mol. The van der Waals surface area contributed by atoms with Crippen LogP contribution in [0.1, 0.15) is 25.3 Å². The van der Waals surface area contributed by atoms with E-state index in [-0.39, 0.29) is 0 Å². The summed E-state index contributed by atoms with van der Waals surface area (Å²) in [6.07, 6.45) is 0. The molecule has 0 atom stereocenters. The van der Waals surface area contributed by atoms with E-state index < -0.39 is 0 Å². The van der Waals surface area contributed by atoms with Gasteiger partial charge in [-0.2, -0.15) is 5.90 Å². The van der Waals surface area contributed by atoms with Gasteiger partial charge >= 0.3 is 0 Å². The van der Waals surface area contributed by atoms with Gasteiger partial charge in [-0.05, 0) is 34.4 Å². The van der Waals surface area contributed by atoms with Gasteiger partial charge in [-0.15, -0.1) is 9.32 Å². The van der Waals surface area contributed by atoms with Crippen LogP contribution in [0.4, 0.5) is 0 Å². The summed E-state index contributed by atoms with van der Waals surface area (Å²) in [6, 6.07) is 12.2. The zero-order valence-corrected chi connectivity index (χ0v) is 11.1. The first-order valence-electron chi connectivity index (χ1n) is 5.61. The molecule has 18 heavy (non-hydrogen) atoms. The first-order chi connectivity index (χ1) is 8.70. The molecule has 0 bridgehead atoms. The van der Waals surface area contributed by atoms with Gasteiger partial charge in [0.15, 0.2) is 0 Å². The highest BCUT2D eigenvalue weighted by Gasteiger charge is 2.03. The van der Waals surface area contributed by atoms with Gasteiger partial charge in [0.2, 0.25) is 0 Å². The van der Waals surface area contributed by atoms with Crippen molar-refractivity contribution in [3.05, 3.63) is 42.0 Å². The smallest absolute Gasteiger partial charge is 0.260 e. The number of nitrogens with two attached hydrogens (primary N) is 1. The van der Waals surface area contributed by atoms with Gasteiger partial charge in [0.25, 0.3) is 12.3 Å². The standard InChI is InChI=1S/C13H15NO3S/c1-9(2)10-3-4-12-8-13(15-18-17-16-14)6-5-11(12)7-10/h3-9H,14H2,1-2H3. The van der Waals surface area contributed by atoms with Crippen molar-refractivity contribution in [1.29, 1.82) is 0 Å². The number of benzene rings is 2. The first-order valence-corrected chi connectivity index (χ1v) is 6.28. The summed E-state index contributed by atoms with van der Waals surface area (Å²) in [6.45, 7) is 4.36. The molecule has 2 N–H and O–H groups in total. The molecule has 0 unspecified atom stereocenters. The van der Waals surface area contributed by atoms with Crippen LogP contribution in [0.25, 0.3) is 10.8 Å². The zero-order chi connectivity index (χ0) is 13.0. The molecule has 0 aromatic heterocycles. The van der Waals surface area contributed by atoms with E-state index in [0.717, 1.165) is 5.39 Å². The molecule has 0 heterocycles. The Morgan fingerprint density at radius 1 is 1.06 bits per heavy atom. The van der Waals surface area contributed by atoms with Gasteiger partial charge in [-0.3, -0.25) is 0 Å². The minimum atomic E-state index is 0.524. The molecule has 0 spiro atoms. The third-order valence-electron chi connectivity index (χ3n) is 2.70. The van der Waals surface area contributed by atoms with E-state index in [0.29, 0.717) is 24.0 Å². The third-order valence-corrected chi connectivity index (χ3v) is 3.09. The van der Waals surface area contributed by atoms with Crippen molar-refractivity contribution >= 4 is 23.1 Å². The molecule has 0 fully saturated rings. The van der Waals surface area contributed by atoms with Crippen LogP contribution in [0.5, 0.6) is 5.75 Å². The molecule has 2 aromatic carbocycles. The van der Waals surface area contributed by atoms with E-state index in [4.69, 9.17) is 10.1 Å². The van der Waals surface area contributed by atoms with Crippen molar-refractivity contribution in [1.82, 2.24) is 0 Å². The Kier molecular flexibility index (Phi) is 4.43. The van der Waals surface area contributed by atoms with E-state index in [1.54, 1.807) is 0 Å². The van der Waals surface area contributed by atoms with E-state index >= 15 is 0 Å². The second kappa shape index (κ2) is 6.06. The zero-order valence-electron chi connectivity index (χ0n) is 10.3. The van der Waals surface area contributed by atoms with E-state index in [1.165, 1.54) is 10.9 Å². The number of fused-ring (bicyclic) bond motifs is 1. The van der Waals surface area contributed by atoms with Crippen molar-refractivity contribution in [2.45, 2.75) is 19.8 Å². The molecule has 4 nitrogen and oxygen atoms in total. The maximum Gasteiger partial charge on any atom is 0.260 e. The molecule has 0 aliphatic carbocycles. The molecule has 2 aromatic rings. The minimum Gasteiger partial charge on any atom is -0.399 e. The number of hydrogen-bond donors (Lipinski definition) is 1. The van der Waals surface area contributed by atoms with Crippen LogP contribution in [0.3, 0.4) is 0 Å². The summed E-state index contributed by atoms with van der Waals surface area (Å²) in [5.41, 5.74) is 1.32. The van der Waals surface area contributed by atoms with Gasteiger partial charge in [0.05, 0.1) is 0 Å². The van der Waals surface area contributed by atoms with Crippen LogP contribution in [0.2, 0.25) is 0 Å². The molecule has 0 aliphatic rings. The molecule has 0 radical (unpaired) electrons. The van der Waals surface area contributed by atoms with Crippen LogP contribution in [0, 0.1) is 0 Å². The Labute approximate surface area is 110 Å². The lowest BCUT2D eigenvalue weighted by molar-refractivity contribution is -0.199. The van der Waals surface area contributed by atoms with Crippen LogP contribution in [0.15, 0.2) is 36.4 Å². The quantitative estimate of drug-likeness (QED) is 0.386. The first kappa shape index (κ1) is 13.2. The largest absolute Gasteiger partial charge is 0.399 e. The van der Waals surface area contributed by atoms with Gasteiger partial charge < -0.3 is 4.18 Å². The van der Waals surface area contributed by atoms with Gasteiger partial charge in [-0.25, -0.2) is 0 Å². The third kappa shape index (κ3) is 3.14. The fraction of sp³-hybridized carbons (Fsp3) is 0.231. The normalized spacial score (nSPS) is 11.1. The van der Waals surface area contributed by atoms with Crippen molar-refractivity contribution < 1.29 is 13.5 Å². The highest BCUT2D eigenvalue weighted by Crippen LogP contribution is 2.26. The predicted octanol–water partition coefficient (Wildman–Crippen LogP) is 3.73. The maximum atomic E-state index is 5.22. The van der Waals surface area contributed by atoms with Crippen LogP contribution >= 0.6 is 12.3 Å². The minimum absolute atomic E-state index is 0.524. The highest BCUT2D eigenvalue weighted by atomic mass is 32.2. The Bertz CT molecular complexity index is 531. The lowest BCUT2D eigenvalue weighted by Crippen LogP contribution is -1.95. The van der Waals surface area contributed by atoms with Crippen molar-refractivity contribution in [2.75, 3.05) is 0 Å². The van der Waals surface area contributed by atoms with Gasteiger partial charge in [-0.1, -0.05) is 38.1 Å². The molecule has 2 rings (SSSR count). The van der Waals surface area contributed by atoms with E-state index in [2.05, 4.69) is 41.4 Å². The van der Waals surface area contributed by atoms with Gasteiger partial charge in [0.1, 0.15) is 5.75 Å². The average Bonchev–Trinajstić information content (AvgIpc) is 2.38. The Balaban J connectivity index is 2.21. The summed E-state index contributed by atoms with van der Waals surface area (Å²) in [4.78, 5) is 3.93. The molecule has 0 amide bonds. The second-order valence-electron chi connectivity index (χ2n) is 4.24. The fourth-order valence-electron chi connectivity index (χ4n) is 1.72. The lowest BCUT2D eigenvalue weighted by Gasteiger charge is -2.08. The van der Waals surface area contributed by atoms with Crippen molar-refractivity contribution in [3.63, 3.8) is 0 Å². The van der Waals surface area contributed by atoms with E-state index in [1.807, 2.05) is 18.2 Å². The lowest BCUT2D eigenvalue weighted by atomic mass is 9.99. The monoisotopic (exact) mass is 265 g/mol. The fourth-order valence-corrected chi connectivity index (χ4v) is 1.96. The molecule has 5 heteroatoms. The molecular formula is C13H15NO3S. The topological polar surface area (TPSA) is 53.7 Å². The SMILES string of the molecule is CC(C)c1ccc2cc(OSOON)ccc2c1. The molecular weight excluding hydrogens is 250 g/mol. The van der Waals surface area contributed by atoms with Gasteiger partial charge in [0, 0.05) is 0 Å². The highest BCUT2D eigenvalue weighted by molar-refractivity contribution is 7.90.